The van der Waals surface area contributed by atoms with E-state index in [9.17, 15) is 19.7 Å². The predicted octanol–water partition coefficient (Wildman–Crippen LogP) is 1.72. The van der Waals surface area contributed by atoms with Gasteiger partial charge in [0.25, 0.3) is 11.6 Å². The van der Waals surface area contributed by atoms with Crippen molar-refractivity contribution in [1.29, 1.82) is 0 Å². The highest BCUT2D eigenvalue weighted by molar-refractivity contribution is 5.94. The van der Waals surface area contributed by atoms with Gasteiger partial charge in [-0.3, -0.25) is 24.6 Å². The third-order valence-electron chi connectivity index (χ3n) is 5.29. The molecule has 2 aromatic carbocycles. The Hall–Kier alpha value is -3.46. The molecule has 0 aromatic heterocycles. The van der Waals surface area contributed by atoms with Crippen LogP contribution < -0.4 is 10.1 Å². The van der Waals surface area contributed by atoms with Gasteiger partial charge in [-0.2, -0.15) is 0 Å². The van der Waals surface area contributed by atoms with E-state index in [1.807, 2.05) is 4.90 Å². The third kappa shape index (κ3) is 6.26. The highest BCUT2D eigenvalue weighted by Crippen LogP contribution is 2.14. The number of non-ortho nitro benzene ring substituents is 1. The van der Waals surface area contributed by atoms with Gasteiger partial charge in [0.2, 0.25) is 5.91 Å². The summed E-state index contributed by atoms with van der Waals surface area (Å²) in [6, 6.07) is 13.0. The molecule has 0 radical (unpaired) electrons. The van der Waals surface area contributed by atoms with E-state index in [0.717, 1.165) is 18.7 Å². The summed E-state index contributed by atoms with van der Waals surface area (Å²) < 4.78 is 5.09. The molecule has 1 saturated heterocycles. The number of nitrogens with zero attached hydrogens (tertiary/aromatic N) is 3. The average Bonchev–Trinajstić information content (AvgIpc) is 2.79. The monoisotopic (exact) mass is 426 g/mol. The fourth-order valence-corrected chi connectivity index (χ4v) is 3.41. The zero-order valence-corrected chi connectivity index (χ0v) is 17.5. The number of hydrogen-bond donors (Lipinski definition) is 1. The second kappa shape index (κ2) is 10.5. The number of ether oxygens (including phenoxy) is 1. The smallest absolute Gasteiger partial charge is 0.269 e. The lowest BCUT2D eigenvalue weighted by Crippen LogP contribution is -2.50. The molecule has 1 fully saturated rings. The minimum Gasteiger partial charge on any atom is -0.497 e. The summed E-state index contributed by atoms with van der Waals surface area (Å²) in [5.41, 5.74) is 1.37. The van der Waals surface area contributed by atoms with E-state index in [1.54, 1.807) is 43.5 Å². The molecule has 1 heterocycles. The van der Waals surface area contributed by atoms with Gasteiger partial charge < -0.3 is 15.0 Å². The summed E-state index contributed by atoms with van der Waals surface area (Å²) in [4.78, 5) is 39.0. The van der Waals surface area contributed by atoms with Gasteiger partial charge in [0, 0.05) is 57.0 Å². The van der Waals surface area contributed by atoms with Crippen LogP contribution in [-0.4, -0.2) is 72.9 Å². The van der Waals surface area contributed by atoms with Crippen LogP contribution in [0.1, 0.15) is 15.9 Å². The quantitative estimate of drug-likeness (QED) is 0.509. The van der Waals surface area contributed by atoms with E-state index in [-0.39, 0.29) is 23.9 Å². The molecule has 31 heavy (non-hydrogen) atoms. The first-order valence-electron chi connectivity index (χ1n) is 10.1. The molecule has 2 aromatic rings. The first-order valence-corrected chi connectivity index (χ1v) is 10.1. The van der Waals surface area contributed by atoms with Crippen molar-refractivity contribution in [2.75, 3.05) is 46.4 Å². The SMILES string of the molecule is COc1ccc(C(=O)NCCN2CCN(C(=O)Cc3ccc([N+](=O)[O-])cc3)CC2)cc1. The lowest BCUT2D eigenvalue weighted by atomic mass is 10.1. The molecule has 2 amide bonds. The van der Waals surface area contributed by atoms with Crippen LogP contribution >= 0.6 is 0 Å². The Morgan fingerprint density at radius 1 is 1.03 bits per heavy atom. The first kappa shape index (κ1) is 22.2. The summed E-state index contributed by atoms with van der Waals surface area (Å²) in [7, 11) is 1.58. The molecule has 9 nitrogen and oxygen atoms in total. The molecule has 164 valence electrons. The van der Waals surface area contributed by atoms with E-state index in [0.29, 0.717) is 37.5 Å². The summed E-state index contributed by atoms with van der Waals surface area (Å²) in [5.74, 6) is 0.596. The number of carbonyl (C=O) groups is 2. The molecule has 9 heteroatoms. The molecule has 1 aliphatic heterocycles. The molecule has 0 aliphatic carbocycles. The van der Waals surface area contributed by atoms with Crippen LogP contribution in [0.15, 0.2) is 48.5 Å². The van der Waals surface area contributed by atoms with Crippen LogP contribution in [0.25, 0.3) is 0 Å². The number of hydrogen-bond acceptors (Lipinski definition) is 6. The number of amides is 2. The number of nitrogens with one attached hydrogen (secondary N) is 1. The van der Waals surface area contributed by atoms with Crippen molar-refractivity contribution in [1.82, 2.24) is 15.1 Å². The zero-order chi connectivity index (χ0) is 22.2. The molecular weight excluding hydrogens is 400 g/mol. The number of nitro benzene ring substituents is 1. The van der Waals surface area contributed by atoms with Gasteiger partial charge in [-0.1, -0.05) is 12.1 Å². The maximum absolute atomic E-state index is 12.5. The van der Waals surface area contributed by atoms with Gasteiger partial charge in [-0.25, -0.2) is 0 Å². The number of methoxy groups -OCH3 is 1. The van der Waals surface area contributed by atoms with Crippen molar-refractivity contribution in [3.05, 3.63) is 69.8 Å². The third-order valence-corrected chi connectivity index (χ3v) is 5.29. The van der Waals surface area contributed by atoms with E-state index in [2.05, 4.69) is 10.2 Å². The maximum atomic E-state index is 12.5. The van der Waals surface area contributed by atoms with E-state index >= 15 is 0 Å². The summed E-state index contributed by atoms with van der Waals surface area (Å²) in [6.07, 6.45) is 0.232. The Bertz CT molecular complexity index is 907. The lowest BCUT2D eigenvalue weighted by molar-refractivity contribution is -0.384. The van der Waals surface area contributed by atoms with Crippen molar-refractivity contribution < 1.29 is 19.2 Å². The average molecular weight is 426 g/mol. The molecule has 0 atom stereocenters. The Kier molecular flexibility index (Phi) is 7.55. The molecule has 0 bridgehead atoms. The van der Waals surface area contributed by atoms with Gasteiger partial charge in [0.1, 0.15) is 5.75 Å². The Morgan fingerprint density at radius 3 is 2.26 bits per heavy atom. The topological polar surface area (TPSA) is 105 Å². The summed E-state index contributed by atoms with van der Waals surface area (Å²) in [6.45, 7) is 3.97. The highest BCUT2D eigenvalue weighted by atomic mass is 16.6. The van der Waals surface area contributed by atoms with Gasteiger partial charge in [0.15, 0.2) is 0 Å². The predicted molar refractivity (Wildman–Crippen MR) is 115 cm³/mol. The fraction of sp³-hybridized carbons (Fsp3) is 0.364. The Balaban J connectivity index is 1.37. The van der Waals surface area contributed by atoms with Crippen molar-refractivity contribution >= 4 is 17.5 Å². The zero-order valence-electron chi connectivity index (χ0n) is 17.5. The highest BCUT2D eigenvalue weighted by Gasteiger charge is 2.21. The Labute approximate surface area is 180 Å². The number of carbonyl (C=O) groups excluding carboxylic acids is 2. The van der Waals surface area contributed by atoms with Crippen LogP contribution in [0.5, 0.6) is 5.75 Å². The van der Waals surface area contributed by atoms with Gasteiger partial charge in [-0.05, 0) is 29.8 Å². The van der Waals surface area contributed by atoms with Crippen LogP contribution in [0.4, 0.5) is 5.69 Å². The van der Waals surface area contributed by atoms with E-state index < -0.39 is 4.92 Å². The number of piperazine rings is 1. The molecule has 1 N–H and O–H groups in total. The molecule has 0 unspecified atom stereocenters. The fourth-order valence-electron chi connectivity index (χ4n) is 3.41. The van der Waals surface area contributed by atoms with Crippen LogP contribution in [0.3, 0.4) is 0 Å². The Morgan fingerprint density at radius 2 is 1.68 bits per heavy atom. The van der Waals surface area contributed by atoms with Crippen LogP contribution in [0, 0.1) is 10.1 Å². The maximum Gasteiger partial charge on any atom is 0.269 e. The van der Waals surface area contributed by atoms with Crippen LogP contribution in [-0.2, 0) is 11.2 Å². The number of rotatable bonds is 8. The van der Waals surface area contributed by atoms with Crippen molar-refractivity contribution in [2.24, 2.45) is 0 Å². The second-order valence-corrected chi connectivity index (χ2v) is 7.31. The molecule has 0 spiro atoms. The van der Waals surface area contributed by atoms with Gasteiger partial charge in [0.05, 0.1) is 18.5 Å². The number of nitro groups is 1. The van der Waals surface area contributed by atoms with E-state index in [1.165, 1.54) is 12.1 Å². The molecule has 1 aliphatic rings. The number of benzene rings is 2. The van der Waals surface area contributed by atoms with Crippen molar-refractivity contribution in [3.8, 4) is 5.75 Å². The molecule has 0 saturated carbocycles. The van der Waals surface area contributed by atoms with E-state index in [4.69, 9.17) is 4.74 Å². The van der Waals surface area contributed by atoms with Crippen molar-refractivity contribution in [3.63, 3.8) is 0 Å². The molecular formula is C22H26N4O5. The summed E-state index contributed by atoms with van der Waals surface area (Å²) in [5, 5.41) is 13.6. The normalized spacial score (nSPS) is 14.2. The minimum atomic E-state index is -0.454. The largest absolute Gasteiger partial charge is 0.497 e. The van der Waals surface area contributed by atoms with Gasteiger partial charge >= 0.3 is 0 Å². The first-order chi connectivity index (χ1) is 15.0. The lowest BCUT2D eigenvalue weighted by Gasteiger charge is -2.34. The molecule has 3 rings (SSSR count). The standard InChI is InChI=1S/C22H26N4O5/c1-31-20-8-4-18(5-9-20)22(28)23-10-11-24-12-14-25(15-13-24)21(27)16-17-2-6-19(7-3-17)26(29)30/h2-9H,10-16H2,1H3,(H,23,28). The van der Waals surface area contributed by atoms with Gasteiger partial charge in [-0.15, -0.1) is 0 Å². The second-order valence-electron chi connectivity index (χ2n) is 7.31. The summed E-state index contributed by atoms with van der Waals surface area (Å²) >= 11 is 0. The van der Waals surface area contributed by atoms with Crippen LogP contribution in [0.2, 0.25) is 0 Å². The van der Waals surface area contributed by atoms with Crippen molar-refractivity contribution in [2.45, 2.75) is 6.42 Å². The minimum absolute atomic E-state index is 0.0151.